The van der Waals surface area contributed by atoms with Crippen molar-refractivity contribution < 1.29 is 0 Å². The molecule has 1 aromatic rings. The smallest absolute Gasteiger partial charge is 0.132 e. The molecule has 1 heterocycles. The minimum atomic E-state index is 0.891. The summed E-state index contributed by atoms with van der Waals surface area (Å²) in [6.45, 7) is 9.30. The van der Waals surface area contributed by atoms with Gasteiger partial charge in [-0.3, -0.25) is 0 Å². The zero-order valence-corrected chi connectivity index (χ0v) is 9.52. The highest BCUT2D eigenvalue weighted by Crippen LogP contribution is 2.14. The maximum absolute atomic E-state index is 4.47. The summed E-state index contributed by atoms with van der Waals surface area (Å²) in [5.74, 6) is 1.92. The molecule has 0 saturated carbocycles. The Morgan fingerprint density at radius 2 is 1.86 bits per heavy atom. The van der Waals surface area contributed by atoms with Gasteiger partial charge in [-0.2, -0.15) is 0 Å². The van der Waals surface area contributed by atoms with Crippen molar-refractivity contribution in [2.45, 2.75) is 40.5 Å². The van der Waals surface area contributed by atoms with Gasteiger partial charge in [-0.1, -0.05) is 13.8 Å². The maximum atomic E-state index is 4.47. The first-order chi connectivity index (χ1) is 6.69. The van der Waals surface area contributed by atoms with Gasteiger partial charge in [0.05, 0.1) is 0 Å². The van der Waals surface area contributed by atoms with Crippen LogP contribution in [0.5, 0.6) is 0 Å². The van der Waals surface area contributed by atoms with Crippen molar-refractivity contribution in [1.82, 2.24) is 9.97 Å². The van der Waals surface area contributed by atoms with Crippen LogP contribution < -0.4 is 5.32 Å². The van der Waals surface area contributed by atoms with E-state index < -0.39 is 0 Å². The lowest BCUT2D eigenvalue weighted by Crippen LogP contribution is -2.08. The molecule has 3 heteroatoms. The first-order valence-corrected chi connectivity index (χ1v) is 5.27. The second-order valence-electron chi connectivity index (χ2n) is 3.48. The molecule has 0 saturated heterocycles. The molecule has 1 rings (SSSR count). The molecule has 0 fully saturated rings. The number of nitrogens with one attached hydrogen (secondary N) is 1. The highest BCUT2D eigenvalue weighted by atomic mass is 15.0. The van der Waals surface area contributed by atoms with E-state index in [1.165, 1.54) is 0 Å². The second kappa shape index (κ2) is 4.94. The maximum Gasteiger partial charge on any atom is 0.132 e. The van der Waals surface area contributed by atoms with Gasteiger partial charge in [0.1, 0.15) is 11.6 Å². The molecule has 0 aliphatic heterocycles. The SMILES string of the molecule is CCCNc1nc(CC)nc(C)c1C. The van der Waals surface area contributed by atoms with E-state index in [1.54, 1.807) is 0 Å². The zero-order chi connectivity index (χ0) is 10.6. The molecule has 0 radical (unpaired) electrons. The number of aryl methyl sites for hydroxylation is 2. The summed E-state index contributed by atoms with van der Waals surface area (Å²) in [6, 6.07) is 0. The molecule has 1 aromatic heterocycles. The summed E-state index contributed by atoms with van der Waals surface area (Å²) >= 11 is 0. The molecular weight excluding hydrogens is 174 g/mol. The quantitative estimate of drug-likeness (QED) is 0.798. The van der Waals surface area contributed by atoms with Gasteiger partial charge < -0.3 is 5.32 Å². The van der Waals surface area contributed by atoms with E-state index in [4.69, 9.17) is 0 Å². The highest BCUT2D eigenvalue weighted by molar-refractivity contribution is 5.45. The van der Waals surface area contributed by atoms with Crippen molar-refractivity contribution in [2.24, 2.45) is 0 Å². The van der Waals surface area contributed by atoms with Crippen molar-refractivity contribution in [3.05, 3.63) is 17.1 Å². The van der Waals surface area contributed by atoms with Gasteiger partial charge in [0.15, 0.2) is 0 Å². The van der Waals surface area contributed by atoms with Gasteiger partial charge in [0.25, 0.3) is 0 Å². The molecule has 0 amide bonds. The van der Waals surface area contributed by atoms with Crippen LogP contribution in [0.3, 0.4) is 0 Å². The average Bonchev–Trinajstić information content (AvgIpc) is 2.20. The van der Waals surface area contributed by atoms with Crippen molar-refractivity contribution in [3.8, 4) is 0 Å². The summed E-state index contributed by atoms with van der Waals surface area (Å²) in [5, 5.41) is 3.33. The topological polar surface area (TPSA) is 37.8 Å². The third kappa shape index (κ3) is 2.44. The Hall–Kier alpha value is -1.12. The Balaban J connectivity index is 2.95. The number of hydrogen-bond acceptors (Lipinski definition) is 3. The highest BCUT2D eigenvalue weighted by Gasteiger charge is 2.05. The summed E-state index contributed by atoms with van der Waals surface area (Å²) in [7, 11) is 0. The first-order valence-electron chi connectivity index (χ1n) is 5.27. The van der Waals surface area contributed by atoms with Crippen molar-refractivity contribution in [1.29, 1.82) is 0 Å². The third-order valence-corrected chi connectivity index (χ3v) is 2.29. The van der Waals surface area contributed by atoms with Gasteiger partial charge in [-0.05, 0) is 20.3 Å². The van der Waals surface area contributed by atoms with Crippen LogP contribution in [-0.2, 0) is 6.42 Å². The van der Waals surface area contributed by atoms with Gasteiger partial charge in [0.2, 0.25) is 0 Å². The number of anilines is 1. The van der Waals surface area contributed by atoms with E-state index in [-0.39, 0.29) is 0 Å². The summed E-state index contributed by atoms with van der Waals surface area (Å²) in [5.41, 5.74) is 2.24. The molecule has 0 bridgehead atoms. The minimum absolute atomic E-state index is 0.891. The van der Waals surface area contributed by atoms with Gasteiger partial charge in [0, 0.05) is 24.2 Å². The van der Waals surface area contributed by atoms with Crippen LogP contribution in [0.25, 0.3) is 0 Å². The second-order valence-corrected chi connectivity index (χ2v) is 3.48. The Morgan fingerprint density at radius 3 is 2.43 bits per heavy atom. The molecule has 3 nitrogen and oxygen atoms in total. The normalized spacial score (nSPS) is 10.3. The van der Waals surface area contributed by atoms with Crippen LogP contribution >= 0.6 is 0 Å². The van der Waals surface area contributed by atoms with Crippen LogP contribution in [0.2, 0.25) is 0 Å². The molecule has 0 aliphatic carbocycles. The fraction of sp³-hybridized carbons (Fsp3) is 0.636. The largest absolute Gasteiger partial charge is 0.370 e. The van der Waals surface area contributed by atoms with Crippen LogP contribution in [-0.4, -0.2) is 16.5 Å². The molecule has 0 spiro atoms. The van der Waals surface area contributed by atoms with E-state index in [0.717, 1.165) is 42.3 Å². The van der Waals surface area contributed by atoms with Crippen LogP contribution in [0.15, 0.2) is 0 Å². The Labute approximate surface area is 86.0 Å². The van der Waals surface area contributed by atoms with E-state index in [2.05, 4.69) is 36.1 Å². The Morgan fingerprint density at radius 1 is 1.14 bits per heavy atom. The molecule has 14 heavy (non-hydrogen) atoms. The number of nitrogens with zero attached hydrogens (tertiary/aromatic N) is 2. The van der Waals surface area contributed by atoms with E-state index in [0.29, 0.717) is 0 Å². The van der Waals surface area contributed by atoms with Crippen LogP contribution in [0, 0.1) is 13.8 Å². The number of hydrogen-bond donors (Lipinski definition) is 1. The van der Waals surface area contributed by atoms with Crippen molar-refractivity contribution in [3.63, 3.8) is 0 Å². The summed E-state index contributed by atoms with van der Waals surface area (Å²) in [4.78, 5) is 8.88. The monoisotopic (exact) mass is 193 g/mol. The van der Waals surface area contributed by atoms with Gasteiger partial charge >= 0.3 is 0 Å². The lowest BCUT2D eigenvalue weighted by Gasteiger charge is -2.10. The van der Waals surface area contributed by atoms with Crippen molar-refractivity contribution in [2.75, 3.05) is 11.9 Å². The fourth-order valence-electron chi connectivity index (χ4n) is 1.26. The fourth-order valence-corrected chi connectivity index (χ4v) is 1.26. The molecule has 0 aliphatic rings. The lowest BCUT2D eigenvalue weighted by molar-refractivity contribution is 0.889. The summed E-state index contributed by atoms with van der Waals surface area (Å²) in [6.07, 6.45) is 2.01. The molecule has 1 N–H and O–H groups in total. The van der Waals surface area contributed by atoms with Crippen LogP contribution in [0.4, 0.5) is 5.82 Å². The Bertz CT molecular complexity index is 308. The molecule has 0 aromatic carbocycles. The van der Waals surface area contributed by atoms with Crippen molar-refractivity contribution >= 4 is 5.82 Å². The average molecular weight is 193 g/mol. The lowest BCUT2D eigenvalue weighted by atomic mass is 10.2. The molecule has 0 unspecified atom stereocenters. The zero-order valence-electron chi connectivity index (χ0n) is 9.52. The summed E-state index contributed by atoms with van der Waals surface area (Å²) < 4.78 is 0. The van der Waals surface area contributed by atoms with Gasteiger partial charge in [-0.25, -0.2) is 9.97 Å². The number of aromatic nitrogens is 2. The van der Waals surface area contributed by atoms with Crippen LogP contribution in [0.1, 0.15) is 37.4 Å². The molecule has 78 valence electrons. The Kier molecular flexibility index (Phi) is 3.86. The minimum Gasteiger partial charge on any atom is -0.370 e. The molecular formula is C11H19N3. The van der Waals surface area contributed by atoms with E-state index in [9.17, 15) is 0 Å². The van der Waals surface area contributed by atoms with E-state index in [1.807, 2.05) is 6.92 Å². The number of rotatable bonds is 4. The third-order valence-electron chi connectivity index (χ3n) is 2.29. The first kappa shape index (κ1) is 11.0. The van der Waals surface area contributed by atoms with E-state index >= 15 is 0 Å². The standard InChI is InChI=1S/C11H19N3/c1-5-7-12-11-8(3)9(4)13-10(6-2)14-11/h5-7H2,1-4H3,(H,12,13,14). The predicted octanol–water partition coefficient (Wildman–Crippen LogP) is 2.48. The predicted molar refractivity (Wildman–Crippen MR) is 59.7 cm³/mol. The molecule has 0 atom stereocenters. The van der Waals surface area contributed by atoms with Gasteiger partial charge in [-0.15, -0.1) is 0 Å².